The predicted octanol–water partition coefficient (Wildman–Crippen LogP) is 3.76. The van der Waals surface area contributed by atoms with Crippen molar-refractivity contribution in [1.29, 1.82) is 0 Å². The van der Waals surface area contributed by atoms with Crippen molar-refractivity contribution in [2.45, 2.75) is 6.18 Å². The molecule has 0 aliphatic heterocycles. The molecule has 3 aromatic rings. The Bertz CT molecular complexity index is 788. The van der Waals surface area contributed by atoms with Crippen LogP contribution in [0.2, 0.25) is 0 Å². The van der Waals surface area contributed by atoms with Gasteiger partial charge in [0.05, 0.1) is 15.3 Å². The van der Waals surface area contributed by atoms with E-state index in [4.69, 9.17) is 4.52 Å². The quantitative estimate of drug-likeness (QED) is 0.593. The van der Waals surface area contributed by atoms with Gasteiger partial charge in [-0.15, -0.1) is 0 Å². The largest absolute Gasteiger partial charge is 0.416 e. The predicted molar refractivity (Wildman–Crippen MR) is 79.7 cm³/mol. The highest BCUT2D eigenvalue weighted by atomic mass is 127. The number of alkyl halides is 3. The van der Waals surface area contributed by atoms with Gasteiger partial charge in [0, 0.05) is 12.6 Å². The van der Waals surface area contributed by atoms with E-state index < -0.39 is 11.7 Å². The lowest BCUT2D eigenvalue weighted by molar-refractivity contribution is -0.137. The summed E-state index contributed by atoms with van der Waals surface area (Å²) >= 11 is 2.09. The first-order valence-corrected chi connectivity index (χ1v) is 7.13. The van der Waals surface area contributed by atoms with Crippen LogP contribution in [0.3, 0.4) is 0 Å². The molecule has 114 valence electrons. The summed E-state index contributed by atoms with van der Waals surface area (Å²) in [5, 5.41) is 7.87. The van der Waals surface area contributed by atoms with Crippen LogP contribution in [0.1, 0.15) is 5.56 Å². The number of halogens is 4. The molecule has 0 saturated heterocycles. The maximum atomic E-state index is 12.5. The molecular weight excluding hydrogens is 412 g/mol. The summed E-state index contributed by atoms with van der Waals surface area (Å²) in [5.41, 5.74) is 0.382. The molecule has 0 N–H and O–H groups in total. The maximum Gasteiger partial charge on any atom is 0.416 e. The molecule has 2 heterocycles. The van der Waals surface area contributed by atoms with Gasteiger partial charge in [-0.25, -0.2) is 0 Å². The van der Waals surface area contributed by atoms with Gasteiger partial charge in [0.25, 0.3) is 5.89 Å². The molecule has 0 aliphatic carbocycles. The first kappa shape index (κ1) is 15.0. The van der Waals surface area contributed by atoms with Gasteiger partial charge in [-0.1, -0.05) is 17.3 Å². The second kappa shape index (κ2) is 5.38. The summed E-state index contributed by atoms with van der Waals surface area (Å²) in [7, 11) is 1.74. The van der Waals surface area contributed by atoms with Crippen molar-refractivity contribution in [3.8, 4) is 23.0 Å². The minimum absolute atomic E-state index is 0.223. The molecule has 1 aromatic carbocycles. The number of benzene rings is 1. The molecule has 0 amide bonds. The van der Waals surface area contributed by atoms with Crippen molar-refractivity contribution in [2.75, 3.05) is 0 Å². The second-order valence-corrected chi connectivity index (χ2v) is 5.63. The van der Waals surface area contributed by atoms with Crippen molar-refractivity contribution in [3.63, 3.8) is 0 Å². The summed E-state index contributed by atoms with van der Waals surface area (Å²) < 4.78 is 45.2. The Balaban J connectivity index is 1.94. The number of hydrogen-bond acceptors (Lipinski definition) is 4. The molecule has 0 radical (unpaired) electrons. The highest BCUT2D eigenvalue weighted by molar-refractivity contribution is 14.1. The topological polar surface area (TPSA) is 56.7 Å². The third-order valence-electron chi connectivity index (χ3n) is 2.99. The summed E-state index contributed by atoms with van der Waals surface area (Å²) in [6, 6.07) is 4.59. The Morgan fingerprint density at radius 2 is 1.86 bits per heavy atom. The highest BCUT2D eigenvalue weighted by Gasteiger charge is 2.30. The van der Waals surface area contributed by atoms with E-state index in [1.165, 1.54) is 12.1 Å². The summed E-state index contributed by atoms with van der Waals surface area (Å²) in [5.74, 6) is 0.486. The fraction of sp³-hybridized carbons (Fsp3) is 0.154. The Hall–Kier alpha value is -1.91. The van der Waals surface area contributed by atoms with Gasteiger partial charge >= 0.3 is 6.18 Å². The van der Waals surface area contributed by atoms with E-state index in [0.29, 0.717) is 11.3 Å². The molecule has 2 aromatic heterocycles. The van der Waals surface area contributed by atoms with E-state index in [-0.39, 0.29) is 11.7 Å². The average molecular weight is 420 g/mol. The monoisotopic (exact) mass is 420 g/mol. The molecule has 3 rings (SSSR count). The number of aromatic nitrogens is 4. The van der Waals surface area contributed by atoms with Gasteiger partial charge in [-0.3, -0.25) is 4.68 Å². The second-order valence-electron chi connectivity index (χ2n) is 4.46. The van der Waals surface area contributed by atoms with Crippen LogP contribution >= 0.6 is 22.6 Å². The standard InChI is InChI=1S/C13H8F3IN4O/c1-21-10(9(17)6-18-21)12-19-11(20-22-12)7-2-4-8(5-3-7)13(14,15)16/h2-6H,1H3. The molecule has 0 unspecified atom stereocenters. The lowest BCUT2D eigenvalue weighted by Crippen LogP contribution is -2.04. The highest BCUT2D eigenvalue weighted by Crippen LogP contribution is 2.31. The molecule has 9 heteroatoms. The SMILES string of the molecule is Cn1ncc(I)c1-c1nc(-c2ccc(C(F)(F)F)cc2)no1. The van der Waals surface area contributed by atoms with Gasteiger partial charge in [-0.05, 0) is 34.7 Å². The molecule has 0 fully saturated rings. The van der Waals surface area contributed by atoms with Gasteiger partial charge < -0.3 is 4.52 Å². The van der Waals surface area contributed by atoms with Gasteiger partial charge in [0.2, 0.25) is 5.82 Å². The van der Waals surface area contributed by atoms with E-state index in [0.717, 1.165) is 15.7 Å². The molecule has 0 bridgehead atoms. The fourth-order valence-corrected chi connectivity index (χ4v) is 2.60. The molecule has 22 heavy (non-hydrogen) atoms. The van der Waals surface area contributed by atoms with Crippen LogP contribution in [0.4, 0.5) is 13.2 Å². The Morgan fingerprint density at radius 3 is 2.41 bits per heavy atom. The third-order valence-corrected chi connectivity index (χ3v) is 3.78. The zero-order valence-corrected chi connectivity index (χ0v) is 13.3. The zero-order valence-electron chi connectivity index (χ0n) is 11.1. The molecule has 5 nitrogen and oxygen atoms in total. The first-order chi connectivity index (χ1) is 10.4. The van der Waals surface area contributed by atoms with Gasteiger partial charge in [-0.2, -0.15) is 23.3 Å². The third kappa shape index (κ3) is 2.72. The lowest BCUT2D eigenvalue weighted by atomic mass is 10.1. The zero-order chi connectivity index (χ0) is 15.9. The number of rotatable bonds is 2. The van der Waals surface area contributed by atoms with E-state index >= 15 is 0 Å². The van der Waals surface area contributed by atoms with Crippen molar-refractivity contribution in [2.24, 2.45) is 7.05 Å². The minimum Gasteiger partial charge on any atom is -0.332 e. The van der Waals surface area contributed by atoms with E-state index in [9.17, 15) is 13.2 Å². The normalized spacial score (nSPS) is 11.9. The Kier molecular flexibility index (Phi) is 3.67. The van der Waals surface area contributed by atoms with Crippen LogP contribution < -0.4 is 0 Å². The lowest BCUT2D eigenvalue weighted by Gasteiger charge is -2.05. The Labute approximate surface area is 136 Å². The number of nitrogens with zero attached hydrogens (tertiary/aromatic N) is 4. The maximum absolute atomic E-state index is 12.5. The molecule has 0 atom stereocenters. The van der Waals surface area contributed by atoms with Gasteiger partial charge in [0.15, 0.2) is 0 Å². The Morgan fingerprint density at radius 1 is 1.18 bits per heavy atom. The number of hydrogen-bond donors (Lipinski definition) is 0. The summed E-state index contributed by atoms with van der Waals surface area (Å²) in [6.07, 6.45) is -2.72. The smallest absolute Gasteiger partial charge is 0.332 e. The van der Waals surface area contributed by atoms with E-state index in [1.54, 1.807) is 17.9 Å². The minimum atomic E-state index is -4.37. The summed E-state index contributed by atoms with van der Waals surface area (Å²) in [4.78, 5) is 4.21. The molecule has 0 spiro atoms. The van der Waals surface area contributed by atoms with Crippen LogP contribution in [-0.4, -0.2) is 19.9 Å². The van der Waals surface area contributed by atoms with Crippen LogP contribution in [0, 0.1) is 3.57 Å². The first-order valence-electron chi connectivity index (χ1n) is 6.05. The van der Waals surface area contributed by atoms with Gasteiger partial charge in [0.1, 0.15) is 5.69 Å². The average Bonchev–Trinajstić information content (AvgIpc) is 3.05. The van der Waals surface area contributed by atoms with E-state index in [1.807, 2.05) is 0 Å². The fourth-order valence-electron chi connectivity index (χ4n) is 1.90. The molecule has 0 saturated carbocycles. The van der Waals surface area contributed by atoms with Crippen LogP contribution in [0.15, 0.2) is 35.0 Å². The van der Waals surface area contributed by atoms with Crippen LogP contribution in [-0.2, 0) is 13.2 Å². The van der Waals surface area contributed by atoms with Crippen molar-refractivity contribution >= 4 is 22.6 Å². The molecular formula is C13H8F3IN4O. The summed E-state index contributed by atoms with van der Waals surface area (Å²) in [6.45, 7) is 0. The van der Waals surface area contributed by atoms with E-state index in [2.05, 4.69) is 37.8 Å². The van der Waals surface area contributed by atoms with Crippen molar-refractivity contribution < 1.29 is 17.7 Å². The van der Waals surface area contributed by atoms with Crippen LogP contribution in [0.5, 0.6) is 0 Å². The molecule has 0 aliphatic rings. The van der Waals surface area contributed by atoms with Crippen molar-refractivity contribution in [1.82, 2.24) is 19.9 Å². The van der Waals surface area contributed by atoms with Crippen LogP contribution in [0.25, 0.3) is 23.0 Å². The van der Waals surface area contributed by atoms with Crippen molar-refractivity contribution in [3.05, 3.63) is 39.6 Å². The number of aryl methyl sites for hydroxylation is 1.